The number of rotatable bonds is 3. The van der Waals surface area contributed by atoms with Gasteiger partial charge in [0, 0.05) is 6.04 Å². The molecule has 5 N–H and O–H groups in total. The third-order valence-corrected chi connectivity index (χ3v) is 2.69. The van der Waals surface area contributed by atoms with Crippen molar-refractivity contribution in [1.29, 1.82) is 0 Å². The van der Waals surface area contributed by atoms with Crippen molar-refractivity contribution in [2.24, 2.45) is 0 Å². The van der Waals surface area contributed by atoms with Crippen molar-refractivity contribution in [3.8, 4) is 0 Å². The molecule has 92 valence electrons. The summed E-state index contributed by atoms with van der Waals surface area (Å²) in [6, 6.07) is 0.334. The number of nitrogen functional groups attached to an aromatic ring is 1. The van der Waals surface area contributed by atoms with Crippen LogP contribution in [0.4, 0.5) is 11.6 Å². The van der Waals surface area contributed by atoms with Gasteiger partial charge in [-0.25, -0.2) is 14.8 Å². The molecule has 0 bridgehead atoms. The van der Waals surface area contributed by atoms with Gasteiger partial charge in [-0.2, -0.15) is 0 Å². The number of hydrogen-bond acceptors (Lipinski definition) is 6. The van der Waals surface area contributed by atoms with Crippen LogP contribution in [0, 0.1) is 0 Å². The van der Waals surface area contributed by atoms with Crippen molar-refractivity contribution in [1.82, 2.24) is 15.3 Å². The highest BCUT2D eigenvalue weighted by Crippen LogP contribution is 2.13. The minimum absolute atomic E-state index is 0.0589. The number of carbonyl (C=O) groups is 1. The van der Waals surface area contributed by atoms with Gasteiger partial charge >= 0.3 is 5.97 Å². The Bertz CT molecular complexity index is 417. The average molecular weight is 237 g/mol. The van der Waals surface area contributed by atoms with Crippen LogP contribution in [0.1, 0.15) is 23.3 Å². The molecule has 17 heavy (non-hydrogen) atoms. The molecule has 0 aromatic carbocycles. The maximum Gasteiger partial charge on any atom is 0.358 e. The van der Waals surface area contributed by atoms with E-state index in [1.807, 2.05) is 0 Å². The van der Waals surface area contributed by atoms with Gasteiger partial charge in [-0.3, -0.25) is 0 Å². The molecule has 7 nitrogen and oxygen atoms in total. The fraction of sp³-hybridized carbons (Fsp3) is 0.500. The van der Waals surface area contributed by atoms with Gasteiger partial charge in [0.05, 0.1) is 6.20 Å². The topological polar surface area (TPSA) is 113 Å². The summed E-state index contributed by atoms with van der Waals surface area (Å²) < 4.78 is 0. The molecule has 0 atom stereocenters. The molecule has 1 aliphatic rings. The summed E-state index contributed by atoms with van der Waals surface area (Å²) in [6.07, 6.45) is 3.41. The van der Waals surface area contributed by atoms with E-state index < -0.39 is 5.97 Å². The lowest BCUT2D eigenvalue weighted by Crippen LogP contribution is -2.35. The fourth-order valence-corrected chi connectivity index (χ4v) is 1.81. The smallest absolute Gasteiger partial charge is 0.358 e. The van der Waals surface area contributed by atoms with E-state index in [1.54, 1.807) is 0 Å². The molecule has 0 radical (unpaired) electrons. The zero-order valence-corrected chi connectivity index (χ0v) is 9.31. The number of hydrogen-bond donors (Lipinski definition) is 4. The predicted octanol–water partition coefficient (Wildman–Crippen LogP) is -0.0791. The Morgan fingerprint density at radius 3 is 2.82 bits per heavy atom. The van der Waals surface area contributed by atoms with E-state index in [9.17, 15) is 4.79 Å². The summed E-state index contributed by atoms with van der Waals surface area (Å²) in [5.41, 5.74) is 5.31. The van der Waals surface area contributed by atoms with Gasteiger partial charge in [-0.15, -0.1) is 0 Å². The summed E-state index contributed by atoms with van der Waals surface area (Å²) in [6.45, 7) is 1.93. The monoisotopic (exact) mass is 237 g/mol. The van der Waals surface area contributed by atoms with Crippen LogP contribution in [0.15, 0.2) is 6.20 Å². The Labute approximate surface area is 98.4 Å². The van der Waals surface area contributed by atoms with Gasteiger partial charge < -0.3 is 21.5 Å². The van der Waals surface area contributed by atoms with E-state index >= 15 is 0 Å². The normalized spacial score (nSPS) is 16.7. The lowest BCUT2D eigenvalue weighted by atomic mass is 10.1. The highest BCUT2D eigenvalue weighted by molar-refractivity contribution is 5.90. The second-order valence-corrected chi connectivity index (χ2v) is 3.96. The SMILES string of the molecule is Nc1nc(NC2CCNCC2)cnc1C(=O)O. The van der Waals surface area contributed by atoms with Crippen LogP contribution in [-0.4, -0.2) is 40.2 Å². The van der Waals surface area contributed by atoms with Gasteiger partial charge in [0.1, 0.15) is 5.82 Å². The molecule has 1 aromatic rings. The second kappa shape index (κ2) is 4.96. The summed E-state index contributed by atoms with van der Waals surface area (Å²) in [5, 5.41) is 15.2. The minimum atomic E-state index is -1.16. The molecule has 1 aliphatic heterocycles. The number of nitrogens with zero attached hydrogens (tertiary/aromatic N) is 2. The molecule has 2 heterocycles. The number of carboxylic acids is 1. The summed E-state index contributed by atoms with van der Waals surface area (Å²) in [4.78, 5) is 18.5. The van der Waals surface area contributed by atoms with E-state index in [-0.39, 0.29) is 11.5 Å². The number of anilines is 2. The van der Waals surface area contributed by atoms with Gasteiger partial charge in [0.25, 0.3) is 0 Å². The Morgan fingerprint density at radius 2 is 2.24 bits per heavy atom. The number of piperidine rings is 1. The first kappa shape index (κ1) is 11.6. The maximum atomic E-state index is 10.7. The largest absolute Gasteiger partial charge is 0.476 e. The minimum Gasteiger partial charge on any atom is -0.476 e. The second-order valence-electron chi connectivity index (χ2n) is 3.96. The number of nitrogens with two attached hydrogens (primary N) is 1. The molecule has 0 saturated carbocycles. The lowest BCUT2D eigenvalue weighted by molar-refractivity contribution is 0.0691. The first-order valence-electron chi connectivity index (χ1n) is 5.50. The standard InChI is InChI=1S/C10H15N5O2/c11-9-8(10(16)17)13-5-7(15-9)14-6-1-3-12-4-2-6/h5-6,12H,1-4H2,(H,16,17)(H3,11,14,15). The summed E-state index contributed by atoms with van der Waals surface area (Å²) in [7, 11) is 0. The van der Waals surface area contributed by atoms with Crippen LogP contribution in [-0.2, 0) is 0 Å². The predicted molar refractivity (Wildman–Crippen MR) is 62.9 cm³/mol. The molecule has 1 fully saturated rings. The van der Waals surface area contributed by atoms with Crippen LogP contribution in [0.2, 0.25) is 0 Å². The number of aromatic nitrogens is 2. The van der Waals surface area contributed by atoms with Crippen molar-refractivity contribution in [2.75, 3.05) is 24.1 Å². The van der Waals surface area contributed by atoms with Crippen molar-refractivity contribution >= 4 is 17.6 Å². The van der Waals surface area contributed by atoms with E-state index in [0.29, 0.717) is 11.9 Å². The van der Waals surface area contributed by atoms with Crippen molar-refractivity contribution in [3.63, 3.8) is 0 Å². The number of aromatic carboxylic acids is 1. The molecule has 1 saturated heterocycles. The third-order valence-electron chi connectivity index (χ3n) is 2.69. The average Bonchev–Trinajstić information content (AvgIpc) is 2.30. The van der Waals surface area contributed by atoms with E-state index in [4.69, 9.17) is 10.8 Å². The maximum absolute atomic E-state index is 10.7. The van der Waals surface area contributed by atoms with Crippen molar-refractivity contribution in [3.05, 3.63) is 11.9 Å². The first-order chi connectivity index (χ1) is 8.16. The van der Waals surface area contributed by atoms with Crippen LogP contribution < -0.4 is 16.4 Å². The molecule has 0 spiro atoms. The molecule has 0 aliphatic carbocycles. The highest BCUT2D eigenvalue weighted by Gasteiger charge is 2.15. The van der Waals surface area contributed by atoms with Crippen LogP contribution >= 0.6 is 0 Å². The van der Waals surface area contributed by atoms with E-state index in [2.05, 4.69) is 20.6 Å². The van der Waals surface area contributed by atoms with Gasteiger partial charge in [-0.05, 0) is 25.9 Å². The third kappa shape index (κ3) is 2.82. The van der Waals surface area contributed by atoms with Crippen LogP contribution in [0.5, 0.6) is 0 Å². The Balaban J connectivity index is 2.06. The molecule has 1 aromatic heterocycles. The number of carboxylic acid groups (broad SMARTS) is 1. The fourth-order valence-electron chi connectivity index (χ4n) is 1.81. The zero-order valence-electron chi connectivity index (χ0n) is 9.31. The highest BCUT2D eigenvalue weighted by atomic mass is 16.4. The first-order valence-corrected chi connectivity index (χ1v) is 5.50. The zero-order chi connectivity index (χ0) is 12.3. The Morgan fingerprint density at radius 1 is 1.53 bits per heavy atom. The van der Waals surface area contributed by atoms with Crippen LogP contribution in [0.3, 0.4) is 0 Å². The molecule has 0 amide bonds. The van der Waals surface area contributed by atoms with Crippen LogP contribution in [0.25, 0.3) is 0 Å². The molecule has 2 rings (SSSR count). The van der Waals surface area contributed by atoms with E-state index in [1.165, 1.54) is 6.20 Å². The van der Waals surface area contributed by atoms with Crippen molar-refractivity contribution in [2.45, 2.75) is 18.9 Å². The quantitative estimate of drug-likeness (QED) is 0.581. The molecule has 0 unspecified atom stereocenters. The Kier molecular flexibility index (Phi) is 3.38. The lowest BCUT2D eigenvalue weighted by Gasteiger charge is -2.24. The summed E-state index contributed by atoms with van der Waals surface area (Å²) in [5.74, 6) is -0.695. The van der Waals surface area contributed by atoms with Gasteiger partial charge in [0.15, 0.2) is 11.5 Å². The number of nitrogens with one attached hydrogen (secondary N) is 2. The molecular formula is C10H15N5O2. The molecule has 7 heteroatoms. The van der Waals surface area contributed by atoms with E-state index in [0.717, 1.165) is 25.9 Å². The summed E-state index contributed by atoms with van der Waals surface area (Å²) >= 11 is 0. The van der Waals surface area contributed by atoms with Crippen molar-refractivity contribution < 1.29 is 9.90 Å². The van der Waals surface area contributed by atoms with Gasteiger partial charge in [0.2, 0.25) is 0 Å². The van der Waals surface area contributed by atoms with Gasteiger partial charge in [-0.1, -0.05) is 0 Å². The Hall–Kier alpha value is -1.89. The molecular weight excluding hydrogens is 222 g/mol.